The van der Waals surface area contributed by atoms with Gasteiger partial charge in [-0.25, -0.2) is 13.6 Å². The first-order valence-corrected chi connectivity index (χ1v) is 8.30. The lowest BCUT2D eigenvalue weighted by Crippen LogP contribution is -2.41. The van der Waals surface area contributed by atoms with Crippen LogP contribution in [-0.2, 0) is 4.74 Å². The van der Waals surface area contributed by atoms with Gasteiger partial charge in [-0.15, -0.1) is 0 Å². The van der Waals surface area contributed by atoms with E-state index < -0.39 is 29.2 Å². The van der Waals surface area contributed by atoms with E-state index in [0.29, 0.717) is 13.0 Å². The first-order valence-electron chi connectivity index (χ1n) is 7.51. The Morgan fingerprint density at radius 3 is 2.54 bits per heavy atom. The maximum absolute atomic E-state index is 13.9. The highest BCUT2D eigenvalue weighted by atomic mass is 79.9. The van der Waals surface area contributed by atoms with E-state index >= 15 is 0 Å². The van der Waals surface area contributed by atoms with Crippen LogP contribution in [0.3, 0.4) is 0 Å². The Morgan fingerprint density at radius 2 is 1.92 bits per heavy atom. The Labute approximate surface area is 147 Å². The summed E-state index contributed by atoms with van der Waals surface area (Å²) in [6, 6.07) is 1.58. The van der Waals surface area contributed by atoms with Crippen molar-refractivity contribution in [2.75, 3.05) is 13.1 Å². The quantitative estimate of drug-likeness (QED) is 0.767. The van der Waals surface area contributed by atoms with Gasteiger partial charge in [-0.1, -0.05) is 0 Å². The molecule has 24 heavy (non-hydrogen) atoms. The number of ether oxygens (including phenoxy) is 1. The van der Waals surface area contributed by atoms with Gasteiger partial charge in [-0.2, -0.15) is 0 Å². The molecule has 0 aliphatic carbocycles. The van der Waals surface area contributed by atoms with Gasteiger partial charge >= 0.3 is 6.09 Å². The zero-order chi connectivity index (χ0) is 18.1. The number of alkyl carbamates (subject to hydrolysis) is 1. The van der Waals surface area contributed by atoms with E-state index in [2.05, 4.69) is 21.2 Å². The molecule has 1 N–H and O–H groups in total. The van der Waals surface area contributed by atoms with Crippen LogP contribution in [0.1, 0.15) is 37.6 Å². The minimum atomic E-state index is -0.795. The Bertz CT molecular complexity index is 661. The van der Waals surface area contributed by atoms with E-state index in [-0.39, 0.29) is 22.6 Å². The summed E-state index contributed by atoms with van der Waals surface area (Å²) in [7, 11) is 0. The van der Waals surface area contributed by atoms with Crippen LogP contribution in [0.25, 0.3) is 0 Å². The monoisotopic (exact) mass is 404 g/mol. The van der Waals surface area contributed by atoms with E-state index in [4.69, 9.17) is 4.74 Å². The molecule has 0 saturated carbocycles. The molecule has 1 aromatic rings. The number of carbonyl (C=O) groups is 2. The molecule has 2 rings (SSSR count). The Kier molecular flexibility index (Phi) is 5.47. The molecule has 1 fully saturated rings. The number of rotatable bonds is 2. The van der Waals surface area contributed by atoms with Gasteiger partial charge in [0.25, 0.3) is 5.91 Å². The molecule has 0 bridgehead atoms. The predicted molar refractivity (Wildman–Crippen MR) is 87.7 cm³/mol. The fraction of sp³-hybridized carbons (Fsp3) is 0.500. The number of benzene rings is 1. The summed E-state index contributed by atoms with van der Waals surface area (Å²) in [6.07, 6.45) is -0.0561. The summed E-state index contributed by atoms with van der Waals surface area (Å²) in [5.41, 5.74) is -0.957. The van der Waals surface area contributed by atoms with E-state index in [9.17, 15) is 18.4 Å². The molecular formula is C16H19BrF2N2O3. The van der Waals surface area contributed by atoms with Gasteiger partial charge in [0, 0.05) is 13.1 Å². The molecule has 1 saturated heterocycles. The summed E-state index contributed by atoms with van der Waals surface area (Å²) in [6.45, 7) is 5.80. The summed E-state index contributed by atoms with van der Waals surface area (Å²) >= 11 is 2.91. The molecule has 2 amide bonds. The molecule has 1 heterocycles. The normalized spacial score (nSPS) is 17.8. The molecule has 0 spiro atoms. The van der Waals surface area contributed by atoms with E-state index in [1.54, 1.807) is 20.8 Å². The fourth-order valence-corrected chi connectivity index (χ4v) is 2.91. The van der Waals surface area contributed by atoms with Gasteiger partial charge in [0.15, 0.2) is 0 Å². The second-order valence-corrected chi connectivity index (χ2v) is 7.39. The maximum atomic E-state index is 13.9. The lowest BCUT2D eigenvalue weighted by Gasteiger charge is -2.22. The van der Waals surface area contributed by atoms with Crippen molar-refractivity contribution in [1.29, 1.82) is 0 Å². The van der Waals surface area contributed by atoms with Crippen LogP contribution in [-0.4, -0.2) is 41.6 Å². The zero-order valence-electron chi connectivity index (χ0n) is 13.7. The number of hydrogen-bond donors (Lipinski definition) is 1. The molecule has 1 aliphatic rings. The molecule has 0 unspecified atom stereocenters. The van der Waals surface area contributed by atoms with E-state index in [0.717, 1.165) is 12.1 Å². The van der Waals surface area contributed by atoms with Gasteiger partial charge in [-0.05, 0) is 55.3 Å². The second kappa shape index (κ2) is 7.04. The highest BCUT2D eigenvalue weighted by Crippen LogP contribution is 2.26. The number of nitrogens with zero attached hydrogens (tertiary/aromatic N) is 1. The van der Waals surface area contributed by atoms with Crippen LogP contribution in [0.15, 0.2) is 16.6 Å². The number of nitrogens with one attached hydrogen (secondary N) is 1. The predicted octanol–water partition coefficient (Wildman–Crippen LogP) is 3.47. The van der Waals surface area contributed by atoms with Gasteiger partial charge < -0.3 is 15.0 Å². The van der Waals surface area contributed by atoms with Gasteiger partial charge in [0.1, 0.15) is 17.2 Å². The first-order chi connectivity index (χ1) is 11.1. The van der Waals surface area contributed by atoms with E-state index in [1.165, 1.54) is 4.90 Å². The lowest BCUT2D eigenvalue weighted by atomic mass is 10.2. The summed E-state index contributed by atoms with van der Waals surface area (Å²) in [4.78, 5) is 25.6. The van der Waals surface area contributed by atoms with E-state index in [1.807, 2.05) is 0 Å². The molecule has 132 valence electrons. The summed E-state index contributed by atoms with van der Waals surface area (Å²) in [5.74, 6) is -2.12. The van der Waals surface area contributed by atoms with Gasteiger partial charge in [0.05, 0.1) is 16.1 Å². The largest absolute Gasteiger partial charge is 0.444 e. The van der Waals surface area contributed by atoms with Crippen molar-refractivity contribution in [3.63, 3.8) is 0 Å². The third-order valence-electron chi connectivity index (χ3n) is 3.45. The second-order valence-electron chi connectivity index (χ2n) is 6.60. The standard InChI is InChI=1S/C16H19BrF2N2O3/c1-16(2,3)24-15(23)20-9-6-7-21(8-9)14(22)12-10(18)4-5-11(19)13(12)17/h4-5,9H,6-8H2,1-3H3,(H,20,23)/t9-/m1/s1. The van der Waals surface area contributed by atoms with Crippen LogP contribution >= 0.6 is 15.9 Å². The van der Waals surface area contributed by atoms with Crippen molar-refractivity contribution in [3.8, 4) is 0 Å². The van der Waals surface area contributed by atoms with Crippen LogP contribution < -0.4 is 5.32 Å². The minimum absolute atomic E-state index is 0.198. The van der Waals surface area contributed by atoms with Gasteiger partial charge in [0.2, 0.25) is 0 Å². The molecule has 1 aliphatic heterocycles. The Morgan fingerprint density at radius 1 is 1.29 bits per heavy atom. The third kappa shape index (κ3) is 4.43. The number of amides is 2. The fourth-order valence-electron chi connectivity index (χ4n) is 2.42. The van der Waals surface area contributed by atoms with Crippen LogP contribution in [0.4, 0.5) is 13.6 Å². The summed E-state index contributed by atoms with van der Waals surface area (Å²) in [5, 5.41) is 2.68. The first kappa shape index (κ1) is 18.6. The number of halogens is 3. The van der Waals surface area contributed by atoms with Crippen molar-refractivity contribution >= 4 is 27.9 Å². The van der Waals surface area contributed by atoms with Crippen molar-refractivity contribution in [2.24, 2.45) is 0 Å². The van der Waals surface area contributed by atoms with Crippen LogP contribution in [0, 0.1) is 11.6 Å². The van der Waals surface area contributed by atoms with Crippen molar-refractivity contribution in [2.45, 2.75) is 38.8 Å². The average molecular weight is 405 g/mol. The highest BCUT2D eigenvalue weighted by molar-refractivity contribution is 9.10. The van der Waals surface area contributed by atoms with Crippen molar-refractivity contribution in [1.82, 2.24) is 10.2 Å². The zero-order valence-corrected chi connectivity index (χ0v) is 15.2. The van der Waals surface area contributed by atoms with Crippen molar-refractivity contribution in [3.05, 3.63) is 33.8 Å². The van der Waals surface area contributed by atoms with Gasteiger partial charge in [-0.3, -0.25) is 4.79 Å². The third-order valence-corrected chi connectivity index (χ3v) is 4.23. The molecule has 5 nitrogen and oxygen atoms in total. The SMILES string of the molecule is CC(C)(C)OC(=O)N[C@@H]1CCN(C(=O)c2c(F)ccc(F)c2Br)C1. The molecule has 8 heteroatoms. The van der Waals surface area contributed by atoms with Crippen LogP contribution in [0.2, 0.25) is 0 Å². The molecule has 0 aromatic heterocycles. The highest BCUT2D eigenvalue weighted by Gasteiger charge is 2.32. The summed E-state index contributed by atoms with van der Waals surface area (Å²) < 4.78 is 32.4. The number of hydrogen-bond acceptors (Lipinski definition) is 3. The molecule has 0 radical (unpaired) electrons. The average Bonchev–Trinajstić information content (AvgIpc) is 2.89. The molecular weight excluding hydrogens is 386 g/mol. The minimum Gasteiger partial charge on any atom is -0.444 e. The number of carbonyl (C=O) groups excluding carboxylic acids is 2. The Balaban J connectivity index is 2.02. The molecule has 1 aromatic carbocycles. The number of likely N-dealkylation sites (tertiary alicyclic amines) is 1. The molecule has 1 atom stereocenters. The topological polar surface area (TPSA) is 58.6 Å². The van der Waals surface area contributed by atoms with Crippen molar-refractivity contribution < 1.29 is 23.1 Å². The maximum Gasteiger partial charge on any atom is 0.407 e. The smallest absolute Gasteiger partial charge is 0.407 e. The lowest BCUT2D eigenvalue weighted by molar-refractivity contribution is 0.0502. The Hall–Kier alpha value is -1.70. The van der Waals surface area contributed by atoms with Crippen LogP contribution in [0.5, 0.6) is 0 Å².